The first-order valence-corrected chi connectivity index (χ1v) is 10.5. The van der Waals surface area contributed by atoms with Gasteiger partial charge in [0.1, 0.15) is 0 Å². The third-order valence-electron chi connectivity index (χ3n) is 5.10. The van der Waals surface area contributed by atoms with Crippen LogP contribution in [0.5, 0.6) is 0 Å². The number of rotatable bonds is 6. The summed E-state index contributed by atoms with van der Waals surface area (Å²) in [5, 5.41) is 3.33. The van der Waals surface area contributed by atoms with E-state index in [0.29, 0.717) is 11.4 Å². The van der Waals surface area contributed by atoms with Crippen LogP contribution in [-0.2, 0) is 14.6 Å². The Morgan fingerprint density at radius 2 is 1.83 bits per heavy atom. The van der Waals surface area contributed by atoms with E-state index in [2.05, 4.69) is 5.32 Å². The van der Waals surface area contributed by atoms with E-state index in [0.717, 1.165) is 45.2 Å². The number of nitrogens with zero attached hydrogens (tertiary/aromatic N) is 1. The van der Waals surface area contributed by atoms with Gasteiger partial charge in [-0.05, 0) is 50.2 Å². The third-order valence-corrected chi connectivity index (χ3v) is 7.00. The quantitative estimate of drug-likeness (QED) is 0.850. The van der Waals surface area contributed by atoms with Crippen LogP contribution >= 0.6 is 0 Å². The van der Waals surface area contributed by atoms with Gasteiger partial charge in [-0.2, -0.15) is 0 Å². The number of carbonyl (C=O) groups is 1. The summed E-state index contributed by atoms with van der Waals surface area (Å²) in [5.74, 6) is 0.553. The van der Waals surface area contributed by atoms with Gasteiger partial charge in [0.2, 0.25) is 5.91 Å². The molecular weight excluding hydrogens is 324 g/mol. The fourth-order valence-electron chi connectivity index (χ4n) is 3.76. The summed E-state index contributed by atoms with van der Waals surface area (Å²) >= 11 is 0. The lowest BCUT2D eigenvalue weighted by Gasteiger charge is -2.18. The number of nitrogens with one attached hydrogen (secondary N) is 1. The van der Waals surface area contributed by atoms with E-state index in [4.69, 9.17) is 0 Å². The Hall–Kier alpha value is -1.40. The molecule has 2 atom stereocenters. The number of hydrogen-bond acceptors (Lipinski definition) is 4. The van der Waals surface area contributed by atoms with Gasteiger partial charge in [0, 0.05) is 19.1 Å². The van der Waals surface area contributed by atoms with Gasteiger partial charge in [-0.25, -0.2) is 8.42 Å². The second-order valence-corrected chi connectivity index (χ2v) is 8.97. The van der Waals surface area contributed by atoms with Crippen LogP contribution in [0.4, 0.5) is 0 Å². The van der Waals surface area contributed by atoms with Crippen molar-refractivity contribution in [2.45, 2.75) is 43.0 Å². The minimum atomic E-state index is -3.21. The number of likely N-dealkylation sites (tertiary alicyclic amines) is 1. The molecule has 0 unspecified atom stereocenters. The fraction of sp³-hybridized carbons (Fsp3) is 0.611. The van der Waals surface area contributed by atoms with Crippen molar-refractivity contribution in [2.24, 2.45) is 5.92 Å². The largest absolute Gasteiger partial charge is 0.342 e. The molecule has 0 radical (unpaired) electrons. The number of benzene rings is 1. The Kier molecular flexibility index (Phi) is 5.56. The Bertz CT molecular complexity index is 654. The summed E-state index contributed by atoms with van der Waals surface area (Å²) in [5.41, 5.74) is 0. The smallest absolute Gasteiger partial charge is 0.236 e. The highest BCUT2D eigenvalue weighted by molar-refractivity contribution is 7.91. The summed E-state index contributed by atoms with van der Waals surface area (Å²) in [6.45, 7) is 2.13. The second kappa shape index (κ2) is 7.66. The molecular formula is C18H26N2O3S. The first kappa shape index (κ1) is 17.4. The molecule has 0 aromatic heterocycles. The maximum atomic E-state index is 12.5. The van der Waals surface area contributed by atoms with Gasteiger partial charge < -0.3 is 10.2 Å². The summed E-state index contributed by atoms with van der Waals surface area (Å²) in [6, 6.07) is 8.92. The average Bonchev–Trinajstić information content (AvgIpc) is 3.25. The molecule has 3 rings (SSSR count). The summed E-state index contributed by atoms with van der Waals surface area (Å²) in [7, 11) is -3.21. The maximum absolute atomic E-state index is 12.5. The fourth-order valence-corrected chi connectivity index (χ4v) is 5.44. The minimum absolute atomic E-state index is 0.174. The zero-order valence-electron chi connectivity index (χ0n) is 14.0. The van der Waals surface area contributed by atoms with Crippen molar-refractivity contribution in [3.63, 3.8) is 0 Å². The molecule has 24 heavy (non-hydrogen) atoms. The molecule has 5 nitrogen and oxygen atoms in total. The third kappa shape index (κ3) is 4.36. The van der Waals surface area contributed by atoms with Crippen LogP contribution in [0.15, 0.2) is 35.2 Å². The van der Waals surface area contributed by atoms with Crippen LogP contribution in [-0.4, -0.2) is 50.7 Å². The van der Waals surface area contributed by atoms with Gasteiger partial charge in [-0.15, -0.1) is 0 Å². The lowest BCUT2D eigenvalue weighted by atomic mass is 10.1. The van der Waals surface area contributed by atoms with Crippen LogP contribution in [0.3, 0.4) is 0 Å². The van der Waals surface area contributed by atoms with Gasteiger partial charge in [0.15, 0.2) is 9.84 Å². The monoisotopic (exact) mass is 350 g/mol. The van der Waals surface area contributed by atoms with Crippen molar-refractivity contribution < 1.29 is 13.2 Å². The molecule has 2 fully saturated rings. The van der Waals surface area contributed by atoms with Gasteiger partial charge in [-0.3, -0.25) is 4.79 Å². The molecule has 1 aliphatic carbocycles. The Morgan fingerprint density at radius 3 is 2.54 bits per heavy atom. The first-order valence-electron chi connectivity index (χ1n) is 8.83. The highest BCUT2D eigenvalue weighted by atomic mass is 32.2. The zero-order valence-corrected chi connectivity index (χ0v) is 14.8. The number of sulfone groups is 1. The maximum Gasteiger partial charge on any atom is 0.236 e. The SMILES string of the molecule is O=C(CN[C@H]1CC[C@@H](CS(=O)(=O)c2ccccc2)C1)N1CCCC1. The molecule has 132 valence electrons. The zero-order chi connectivity index (χ0) is 17.0. The predicted molar refractivity (Wildman–Crippen MR) is 93.4 cm³/mol. The lowest BCUT2D eigenvalue weighted by Crippen LogP contribution is -2.39. The Morgan fingerprint density at radius 1 is 1.12 bits per heavy atom. The summed E-state index contributed by atoms with van der Waals surface area (Å²) in [6.07, 6.45) is 4.90. The van der Waals surface area contributed by atoms with E-state index in [1.165, 1.54) is 0 Å². The molecule has 1 heterocycles. The van der Waals surface area contributed by atoms with Crippen molar-refractivity contribution >= 4 is 15.7 Å². The number of hydrogen-bond donors (Lipinski definition) is 1. The Labute approximate surface area is 144 Å². The van der Waals surface area contributed by atoms with E-state index < -0.39 is 9.84 Å². The molecule has 6 heteroatoms. The van der Waals surface area contributed by atoms with Crippen LogP contribution in [0, 0.1) is 5.92 Å². The van der Waals surface area contributed by atoms with E-state index in [-0.39, 0.29) is 23.6 Å². The molecule has 0 spiro atoms. The topological polar surface area (TPSA) is 66.5 Å². The van der Waals surface area contributed by atoms with Crippen molar-refractivity contribution in [3.8, 4) is 0 Å². The van der Waals surface area contributed by atoms with Crippen molar-refractivity contribution in [1.82, 2.24) is 10.2 Å². The van der Waals surface area contributed by atoms with Crippen LogP contribution < -0.4 is 5.32 Å². The molecule has 2 aliphatic rings. The van der Waals surface area contributed by atoms with Crippen molar-refractivity contribution in [2.75, 3.05) is 25.4 Å². The molecule has 1 aliphatic heterocycles. The van der Waals surface area contributed by atoms with Crippen LogP contribution in [0.25, 0.3) is 0 Å². The predicted octanol–water partition coefficient (Wildman–Crippen LogP) is 1.84. The lowest BCUT2D eigenvalue weighted by molar-refractivity contribution is -0.129. The first-order chi connectivity index (χ1) is 11.5. The van der Waals surface area contributed by atoms with Crippen molar-refractivity contribution in [3.05, 3.63) is 30.3 Å². The van der Waals surface area contributed by atoms with Gasteiger partial charge >= 0.3 is 0 Å². The number of amides is 1. The van der Waals surface area contributed by atoms with E-state index in [1.54, 1.807) is 24.3 Å². The normalized spacial score (nSPS) is 24.4. The average molecular weight is 350 g/mol. The van der Waals surface area contributed by atoms with E-state index in [9.17, 15) is 13.2 Å². The summed E-state index contributed by atoms with van der Waals surface area (Å²) < 4.78 is 24.9. The summed E-state index contributed by atoms with van der Waals surface area (Å²) in [4.78, 5) is 14.4. The van der Waals surface area contributed by atoms with Crippen LogP contribution in [0.1, 0.15) is 32.1 Å². The highest BCUT2D eigenvalue weighted by Crippen LogP contribution is 2.28. The van der Waals surface area contributed by atoms with E-state index >= 15 is 0 Å². The van der Waals surface area contributed by atoms with Crippen molar-refractivity contribution in [1.29, 1.82) is 0 Å². The molecule has 1 N–H and O–H groups in total. The van der Waals surface area contributed by atoms with Crippen LogP contribution in [0.2, 0.25) is 0 Å². The van der Waals surface area contributed by atoms with Gasteiger partial charge in [-0.1, -0.05) is 18.2 Å². The minimum Gasteiger partial charge on any atom is -0.342 e. The number of carbonyl (C=O) groups excluding carboxylic acids is 1. The highest BCUT2D eigenvalue weighted by Gasteiger charge is 2.30. The van der Waals surface area contributed by atoms with Gasteiger partial charge in [0.25, 0.3) is 0 Å². The molecule has 1 amide bonds. The molecule has 1 saturated carbocycles. The Balaban J connectivity index is 1.46. The molecule has 1 aromatic rings. The van der Waals surface area contributed by atoms with E-state index in [1.807, 2.05) is 11.0 Å². The molecule has 1 aromatic carbocycles. The van der Waals surface area contributed by atoms with Gasteiger partial charge in [0.05, 0.1) is 17.2 Å². The standard InChI is InChI=1S/C18H26N2O3S/c21-18(20-10-4-5-11-20)13-19-16-9-8-15(12-16)14-24(22,23)17-6-2-1-3-7-17/h1-3,6-7,15-16,19H,4-5,8-14H2/t15-,16+/m1/s1. The molecule has 1 saturated heterocycles. The second-order valence-electron chi connectivity index (χ2n) is 6.94. The molecule has 0 bridgehead atoms.